The van der Waals surface area contributed by atoms with Crippen molar-refractivity contribution >= 4 is 0 Å². The lowest BCUT2D eigenvalue weighted by Gasteiger charge is -2.23. The third kappa shape index (κ3) is 3.95. The first-order chi connectivity index (χ1) is 6.74. The van der Waals surface area contributed by atoms with Crippen LogP contribution in [-0.2, 0) is 9.47 Å². The molecule has 0 spiro atoms. The quantitative estimate of drug-likeness (QED) is 0.688. The molecular formula is C11H23NO2. The van der Waals surface area contributed by atoms with Crippen molar-refractivity contribution in [1.29, 1.82) is 0 Å². The van der Waals surface area contributed by atoms with E-state index >= 15 is 0 Å². The fourth-order valence-corrected chi connectivity index (χ4v) is 1.74. The molecule has 1 aliphatic rings. The molecule has 0 saturated carbocycles. The van der Waals surface area contributed by atoms with E-state index < -0.39 is 0 Å². The molecule has 0 aliphatic carbocycles. The molecule has 0 aromatic carbocycles. The Kier molecular flexibility index (Phi) is 5.45. The first-order valence-electron chi connectivity index (χ1n) is 5.67. The summed E-state index contributed by atoms with van der Waals surface area (Å²) in [6.45, 7) is 11.1. The highest BCUT2D eigenvalue weighted by atomic mass is 16.5. The molecule has 1 rings (SSSR count). The second kappa shape index (κ2) is 6.38. The van der Waals surface area contributed by atoms with E-state index in [-0.39, 0.29) is 0 Å². The molecule has 1 atom stereocenters. The van der Waals surface area contributed by atoms with E-state index in [0.717, 1.165) is 39.3 Å². The average Bonchev–Trinajstić information content (AvgIpc) is 2.39. The topological polar surface area (TPSA) is 21.7 Å². The van der Waals surface area contributed by atoms with Gasteiger partial charge in [0.05, 0.1) is 19.3 Å². The normalized spacial score (nSPS) is 25.3. The predicted octanol–water partition coefficient (Wildman–Crippen LogP) is 1.52. The van der Waals surface area contributed by atoms with Crippen LogP contribution < -0.4 is 0 Å². The van der Waals surface area contributed by atoms with Gasteiger partial charge in [0.1, 0.15) is 0 Å². The van der Waals surface area contributed by atoms with Gasteiger partial charge in [-0.25, -0.2) is 0 Å². The Morgan fingerprint density at radius 3 is 2.86 bits per heavy atom. The Labute approximate surface area is 87.4 Å². The van der Waals surface area contributed by atoms with Crippen LogP contribution in [0.25, 0.3) is 0 Å². The summed E-state index contributed by atoms with van der Waals surface area (Å²) >= 11 is 0. The molecular weight excluding hydrogens is 178 g/mol. The lowest BCUT2D eigenvalue weighted by molar-refractivity contribution is -0.00731. The van der Waals surface area contributed by atoms with E-state index in [1.54, 1.807) is 0 Å². The lowest BCUT2D eigenvalue weighted by atomic mass is 10.2. The molecule has 0 N–H and O–H groups in total. The molecule has 1 saturated heterocycles. The minimum absolute atomic E-state index is 0.304. The Bertz CT molecular complexity index is 150. The molecule has 0 amide bonds. The van der Waals surface area contributed by atoms with Crippen LogP contribution in [0.15, 0.2) is 0 Å². The Hall–Kier alpha value is -0.120. The van der Waals surface area contributed by atoms with Crippen LogP contribution in [0.3, 0.4) is 0 Å². The summed E-state index contributed by atoms with van der Waals surface area (Å²) in [6.07, 6.45) is 1.40. The van der Waals surface area contributed by atoms with E-state index in [9.17, 15) is 0 Å². The van der Waals surface area contributed by atoms with Crippen molar-refractivity contribution in [2.75, 3.05) is 32.9 Å². The summed E-state index contributed by atoms with van der Waals surface area (Å²) in [6, 6.07) is 0.629. The third-order valence-corrected chi connectivity index (χ3v) is 2.71. The molecule has 84 valence electrons. The van der Waals surface area contributed by atoms with Crippen LogP contribution in [0.1, 0.15) is 27.2 Å². The van der Waals surface area contributed by atoms with E-state index in [1.807, 2.05) is 6.92 Å². The van der Waals surface area contributed by atoms with Crippen molar-refractivity contribution in [3.63, 3.8) is 0 Å². The highest BCUT2D eigenvalue weighted by molar-refractivity contribution is 4.70. The van der Waals surface area contributed by atoms with Crippen LogP contribution in [0.4, 0.5) is 0 Å². The fourth-order valence-electron chi connectivity index (χ4n) is 1.74. The molecule has 0 aromatic heterocycles. The van der Waals surface area contributed by atoms with Crippen molar-refractivity contribution in [2.24, 2.45) is 0 Å². The number of hydrogen-bond donors (Lipinski definition) is 0. The summed E-state index contributed by atoms with van der Waals surface area (Å²) in [5.74, 6) is 0. The average molecular weight is 201 g/mol. The smallest absolute Gasteiger partial charge is 0.0821 e. The van der Waals surface area contributed by atoms with Crippen molar-refractivity contribution in [3.8, 4) is 0 Å². The first-order valence-corrected chi connectivity index (χ1v) is 5.67. The Morgan fingerprint density at radius 2 is 2.21 bits per heavy atom. The maximum absolute atomic E-state index is 5.72. The predicted molar refractivity (Wildman–Crippen MR) is 57.6 cm³/mol. The Balaban J connectivity index is 2.26. The fraction of sp³-hybridized carbons (Fsp3) is 1.00. The zero-order chi connectivity index (χ0) is 10.4. The van der Waals surface area contributed by atoms with Crippen LogP contribution in [0.2, 0.25) is 0 Å². The van der Waals surface area contributed by atoms with Gasteiger partial charge >= 0.3 is 0 Å². The molecule has 3 heteroatoms. The van der Waals surface area contributed by atoms with Crippen molar-refractivity contribution in [2.45, 2.75) is 39.3 Å². The first kappa shape index (κ1) is 12.0. The zero-order valence-corrected chi connectivity index (χ0v) is 9.66. The van der Waals surface area contributed by atoms with Gasteiger partial charge in [-0.3, -0.25) is 4.90 Å². The second-order valence-electron chi connectivity index (χ2n) is 4.07. The van der Waals surface area contributed by atoms with Gasteiger partial charge in [0.25, 0.3) is 0 Å². The highest BCUT2D eigenvalue weighted by Crippen LogP contribution is 2.09. The van der Waals surface area contributed by atoms with Crippen molar-refractivity contribution in [1.82, 2.24) is 4.90 Å². The second-order valence-corrected chi connectivity index (χ2v) is 4.07. The molecule has 1 unspecified atom stereocenters. The standard InChI is InChI=1S/C11H23NO2/c1-4-13-9-11-5-6-12(10(2)3)7-8-14-11/h10-11H,4-9H2,1-3H3. The van der Waals surface area contributed by atoms with Crippen LogP contribution in [0.5, 0.6) is 0 Å². The summed E-state index contributed by atoms with van der Waals surface area (Å²) in [5.41, 5.74) is 0. The maximum atomic E-state index is 5.72. The van der Waals surface area contributed by atoms with Gasteiger partial charge in [-0.2, -0.15) is 0 Å². The van der Waals surface area contributed by atoms with E-state index in [4.69, 9.17) is 9.47 Å². The van der Waals surface area contributed by atoms with Crippen LogP contribution in [-0.4, -0.2) is 50.0 Å². The third-order valence-electron chi connectivity index (χ3n) is 2.71. The molecule has 1 aliphatic heterocycles. The SMILES string of the molecule is CCOCC1CCN(C(C)C)CCO1. The molecule has 1 fully saturated rings. The number of ether oxygens (including phenoxy) is 2. The Morgan fingerprint density at radius 1 is 1.43 bits per heavy atom. The molecule has 14 heavy (non-hydrogen) atoms. The molecule has 0 bridgehead atoms. The molecule has 0 aromatic rings. The molecule has 0 radical (unpaired) electrons. The summed E-state index contributed by atoms with van der Waals surface area (Å²) < 4.78 is 11.1. The van der Waals surface area contributed by atoms with Gasteiger partial charge in [-0.15, -0.1) is 0 Å². The summed E-state index contributed by atoms with van der Waals surface area (Å²) in [5, 5.41) is 0. The largest absolute Gasteiger partial charge is 0.379 e. The van der Waals surface area contributed by atoms with Crippen molar-refractivity contribution < 1.29 is 9.47 Å². The monoisotopic (exact) mass is 201 g/mol. The zero-order valence-electron chi connectivity index (χ0n) is 9.66. The highest BCUT2D eigenvalue weighted by Gasteiger charge is 2.18. The minimum Gasteiger partial charge on any atom is -0.379 e. The van der Waals surface area contributed by atoms with E-state index in [1.165, 1.54) is 0 Å². The minimum atomic E-state index is 0.304. The van der Waals surface area contributed by atoms with Crippen LogP contribution >= 0.6 is 0 Å². The van der Waals surface area contributed by atoms with E-state index in [2.05, 4.69) is 18.7 Å². The van der Waals surface area contributed by atoms with E-state index in [0.29, 0.717) is 12.1 Å². The number of rotatable bonds is 4. The molecule has 3 nitrogen and oxygen atoms in total. The van der Waals surface area contributed by atoms with Crippen molar-refractivity contribution in [3.05, 3.63) is 0 Å². The lowest BCUT2D eigenvalue weighted by Crippen LogP contribution is -2.33. The van der Waals surface area contributed by atoms with Gasteiger partial charge in [0, 0.05) is 25.7 Å². The van der Waals surface area contributed by atoms with Gasteiger partial charge in [0.2, 0.25) is 0 Å². The number of nitrogens with zero attached hydrogens (tertiary/aromatic N) is 1. The van der Waals surface area contributed by atoms with Crippen LogP contribution in [0, 0.1) is 0 Å². The summed E-state index contributed by atoms with van der Waals surface area (Å²) in [4.78, 5) is 2.46. The maximum Gasteiger partial charge on any atom is 0.0821 e. The number of hydrogen-bond acceptors (Lipinski definition) is 3. The van der Waals surface area contributed by atoms with Gasteiger partial charge in [-0.05, 0) is 27.2 Å². The van der Waals surface area contributed by atoms with Gasteiger partial charge in [0.15, 0.2) is 0 Å². The van der Waals surface area contributed by atoms with Gasteiger partial charge in [-0.1, -0.05) is 0 Å². The van der Waals surface area contributed by atoms with Gasteiger partial charge < -0.3 is 9.47 Å². The molecule has 1 heterocycles. The summed E-state index contributed by atoms with van der Waals surface area (Å²) in [7, 11) is 0.